The van der Waals surface area contributed by atoms with Gasteiger partial charge in [0.2, 0.25) is 0 Å². The minimum absolute atomic E-state index is 0.0568. The van der Waals surface area contributed by atoms with Crippen LogP contribution in [-0.2, 0) is 9.53 Å². The molecule has 2 aliphatic rings. The quantitative estimate of drug-likeness (QED) is 0.534. The van der Waals surface area contributed by atoms with Crippen LogP contribution in [-0.4, -0.2) is 12.1 Å². The van der Waals surface area contributed by atoms with Gasteiger partial charge in [-0.25, -0.2) is 0 Å². The topological polar surface area (TPSA) is 26.3 Å². The molecular weight excluding hydrogens is 236 g/mol. The molecule has 0 aromatic heterocycles. The molecule has 0 amide bonds. The van der Waals surface area contributed by atoms with E-state index in [1.807, 2.05) is 0 Å². The Morgan fingerprint density at radius 2 is 1.95 bits per heavy atom. The van der Waals surface area contributed by atoms with Crippen molar-refractivity contribution in [3.05, 3.63) is 12.2 Å². The lowest BCUT2D eigenvalue weighted by atomic mass is 9.84. The molecule has 0 aromatic rings. The van der Waals surface area contributed by atoms with Gasteiger partial charge < -0.3 is 4.74 Å². The maximum atomic E-state index is 12.1. The van der Waals surface area contributed by atoms with Crippen LogP contribution >= 0.6 is 0 Å². The van der Waals surface area contributed by atoms with Crippen LogP contribution in [0.1, 0.15) is 71.1 Å². The standard InChI is InChI=1S/C17H28O2/c1-2-3-7-14-10-12-16(13-11-14)19-17(18)15-8-5-4-6-9-15/h4-5,14-16H,2-3,6-13H2,1H3. The van der Waals surface area contributed by atoms with Gasteiger partial charge in [-0.05, 0) is 50.9 Å². The molecule has 0 heterocycles. The number of ether oxygens (including phenoxy) is 1. The van der Waals surface area contributed by atoms with E-state index >= 15 is 0 Å². The summed E-state index contributed by atoms with van der Waals surface area (Å²) in [5, 5.41) is 0. The molecular formula is C17H28O2. The number of carbonyl (C=O) groups excluding carboxylic acids is 1. The van der Waals surface area contributed by atoms with Gasteiger partial charge in [-0.3, -0.25) is 4.79 Å². The van der Waals surface area contributed by atoms with Crippen LogP contribution in [0.2, 0.25) is 0 Å². The van der Waals surface area contributed by atoms with Crippen molar-refractivity contribution in [3.63, 3.8) is 0 Å². The highest BCUT2D eigenvalue weighted by atomic mass is 16.5. The molecule has 2 aliphatic carbocycles. The largest absolute Gasteiger partial charge is 0.462 e. The highest BCUT2D eigenvalue weighted by Gasteiger charge is 2.27. The third kappa shape index (κ3) is 4.67. The fourth-order valence-electron chi connectivity index (χ4n) is 3.30. The molecule has 1 fully saturated rings. The summed E-state index contributed by atoms with van der Waals surface area (Å²) < 4.78 is 5.71. The Bertz CT molecular complexity index is 300. The van der Waals surface area contributed by atoms with Gasteiger partial charge >= 0.3 is 5.97 Å². The van der Waals surface area contributed by atoms with Gasteiger partial charge in [0.05, 0.1) is 5.92 Å². The van der Waals surface area contributed by atoms with Crippen molar-refractivity contribution < 1.29 is 9.53 Å². The lowest BCUT2D eigenvalue weighted by Gasteiger charge is -2.29. The Balaban J connectivity index is 1.67. The Kier molecular flexibility index (Phi) is 5.93. The van der Waals surface area contributed by atoms with E-state index < -0.39 is 0 Å². The Hall–Kier alpha value is -0.790. The zero-order valence-corrected chi connectivity index (χ0v) is 12.3. The van der Waals surface area contributed by atoms with Crippen molar-refractivity contribution in [1.82, 2.24) is 0 Å². The lowest BCUT2D eigenvalue weighted by molar-refractivity contribution is -0.156. The highest BCUT2D eigenvalue weighted by molar-refractivity contribution is 5.73. The van der Waals surface area contributed by atoms with Gasteiger partial charge in [-0.2, -0.15) is 0 Å². The molecule has 1 atom stereocenters. The summed E-state index contributed by atoms with van der Waals surface area (Å²) in [7, 11) is 0. The highest BCUT2D eigenvalue weighted by Crippen LogP contribution is 2.31. The summed E-state index contributed by atoms with van der Waals surface area (Å²) in [6, 6.07) is 0. The molecule has 108 valence electrons. The minimum Gasteiger partial charge on any atom is -0.462 e. The van der Waals surface area contributed by atoms with E-state index in [9.17, 15) is 4.79 Å². The molecule has 0 radical (unpaired) electrons. The molecule has 1 unspecified atom stereocenters. The van der Waals surface area contributed by atoms with E-state index in [0.29, 0.717) is 0 Å². The molecule has 0 N–H and O–H groups in total. The molecule has 0 bridgehead atoms. The molecule has 2 nitrogen and oxygen atoms in total. The number of hydrogen-bond acceptors (Lipinski definition) is 2. The van der Waals surface area contributed by atoms with E-state index in [0.717, 1.165) is 38.0 Å². The monoisotopic (exact) mass is 264 g/mol. The van der Waals surface area contributed by atoms with E-state index in [1.54, 1.807) is 0 Å². The molecule has 19 heavy (non-hydrogen) atoms. The normalized spacial score (nSPS) is 31.1. The van der Waals surface area contributed by atoms with Gasteiger partial charge in [0, 0.05) is 0 Å². The van der Waals surface area contributed by atoms with Crippen LogP contribution in [0.4, 0.5) is 0 Å². The third-order valence-electron chi connectivity index (χ3n) is 4.64. The van der Waals surface area contributed by atoms with Crippen LogP contribution in [0.5, 0.6) is 0 Å². The molecule has 0 spiro atoms. The molecule has 0 aliphatic heterocycles. The minimum atomic E-state index is 0.0568. The Morgan fingerprint density at radius 1 is 1.16 bits per heavy atom. The van der Waals surface area contributed by atoms with E-state index in [2.05, 4.69) is 19.1 Å². The fraction of sp³-hybridized carbons (Fsp3) is 0.824. The molecule has 0 saturated heterocycles. The SMILES string of the molecule is CCCCC1CCC(OC(=O)C2CC=CCC2)CC1. The van der Waals surface area contributed by atoms with Gasteiger partial charge in [-0.15, -0.1) is 0 Å². The fourth-order valence-corrected chi connectivity index (χ4v) is 3.30. The second-order valence-corrected chi connectivity index (χ2v) is 6.20. The summed E-state index contributed by atoms with van der Waals surface area (Å²) in [6.07, 6.45) is 16.1. The Labute approximate surface area is 117 Å². The maximum absolute atomic E-state index is 12.1. The number of rotatable bonds is 5. The molecule has 2 rings (SSSR count). The van der Waals surface area contributed by atoms with Gasteiger partial charge in [0.25, 0.3) is 0 Å². The number of hydrogen-bond donors (Lipinski definition) is 0. The first kappa shape index (κ1) is 14.6. The van der Waals surface area contributed by atoms with Crippen LogP contribution in [0, 0.1) is 11.8 Å². The predicted molar refractivity (Wildman–Crippen MR) is 77.8 cm³/mol. The van der Waals surface area contributed by atoms with Crippen molar-refractivity contribution in [2.24, 2.45) is 11.8 Å². The first-order valence-electron chi connectivity index (χ1n) is 8.15. The van der Waals surface area contributed by atoms with Crippen molar-refractivity contribution in [3.8, 4) is 0 Å². The summed E-state index contributed by atoms with van der Waals surface area (Å²) in [4.78, 5) is 12.1. The van der Waals surface area contributed by atoms with Crippen molar-refractivity contribution in [2.75, 3.05) is 0 Å². The first-order valence-corrected chi connectivity index (χ1v) is 8.15. The van der Waals surface area contributed by atoms with Crippen molar-refractivity contribution in [2.45, 2.75) is 77.2 Å². The summed E-state index contributed by atoms with van der Waals surface area (Å²) in [5.41, 5.74) is 0. The third-order valence-corrected chi connectivity index (χ3v) is 4.64. The average molecular weight is 264 g/mol. The molecule has 2 heteroatoms. The van der Waals surface area contributed by atoms with Crippen LogP contribution < -0.4 is 0 Å². The van der Waals surface area contributed by atoms with Crippen LogP contribution in [0.25, 0.3) is 0 Å². The van der Waals surface area contributed by atoms with Crippen LogP contribution in [0.3, 0.4) is 0 Å². The number of allylic oxidation sites excluding steroid dienone is 2. The van der Waals surface area contributed by atoms with Gasteiger partial charge in [0.15, 0.2) is 0 Å². The number of carbonyl (C=O) groups is 1. The van der Waals surface area contributed by atoms with E-state index in [1.165, 1.54) is 32.1 Å². The molecule has 0 aromatic carbocycles. The second-order valence-electron chi connectivity index (χ2n) is 6.20. The van der Waals surface area contributed by atoms with Crippen molar-refractivity contribution >= 4 is 5.97 Å². The number of esters is 1. The second kappa shape index (κ2) is 7.72. The van der Waals surface area contributed by atoms with Gasteiger partial charge in [-0.1, -0.05) is 38.3 Å². The predicted octanol–water partition coefficient (Wildman–Crippen LogP) is 4.63. The van der Waals surface area contributed by atoms with Crippen LogP contribution in [0.15, 0.2) is 12.2 Å². The lowest BCUT2D eigenvalue weighted by Crippen LogP contribution is -2.28. The average Bonchev–Trinajstić information content (AvgIpc) is 2.47. The number of unbranched alkanes of at least 4 members (excludes halogenated alkanes) is 1. The zero-order chi connectivity index (χ0) is 13.5. The zero-order valence-electron chi connectivity index (χ0n) is 12.3. The van der Waals surface area contributed by atoms with E-state index in [4.69, 9.17) is 4.74 Å². The Morgan fingerprint density at radius 3 is 2.58 bits per heavy atom. The van der Waals surface area contributed by atoms with Gasteiger partial charge in [0.1, 0.15) is 6.10 Å². The smallest absolute Gasteiger partial charge is 0.309 e. The maximum Gasteiger partial charge on any atom is 0.309 e. The van der Waals surface area contributed by atoms with E-state index in [-0.39, 0.29) is 18.0 Å². The summed E-state index contributed by atoms with van der Waals surface area (Å²) in [6.45, 7) is 2.26. The summed E-state index contributed by atoms with van der Waals surface area (Å²) >= 11 is 0. The summed E-state index contributed by atoms with van der Waals surface area (Å²) in [5.74, 6) is 1.07. The molecule has 1 saturated carbocycles. The first-order chi connectivity index (χ1) is 9.29. The van der Waals surface area contributed by atoms with Crippen molar-refractivity contribution in [1.29, 1.82) is 0 Å².